The number of rotatable bonds is 5. The number of hydrogen-bond donors (Lipinski definition) is 1. The quantitative estimate of drug-likeness (QED) is 0.325. The Kier molecular flexibility index (Phi) is 7.62. The molecule has 1 aliphatic heterocycles. The molecule has 0 bridgehead atoms. The highest BCUT2D eigenvalue weighted by Gasteiger charge is 2.21. The number of pyridine rings is 1. The van der Waals surface area contributed by atoms with Crippen LogP contribution in [0.15, 0.2) is 54.0 Å². The summed E-state index contributed by atoms with van der Waals surface area (Å²) in [6.45, 7) is 7.26. The van der Waals surface area contributed by atoms with E-state index in [1.54, 1.807) is 12.4 Å². The topological polar surface area (TPSA) is 74.0 Å². The normalized spacial score (nSPS) is 14.7. The van der Waals surface area contributed by atoms with Crippen molar-refractivity contribution in [2.45, 2.75) is 13.3 Å². The number of guanidine groups is 1. The van der Waals surface area contributed by atoms with Gasteiger partial charge in [0.05, 0.1) is 5.69 Å². The Morgan fingerprint density at radius 3 is 2.62 bits per heavy atom. The summed E-state index contributed by atoms with van der Waals surface area (Å²) in [4.78, 5) is 22.7. The van der Waals surface area contributed by atoms with Gasteiger partial charge in [0.15, 0.2) is 5.96 Å². The molecule has 3 aromatic heterocycles. The highest BCUT2D eigenvalue weighted by molar-refractivity contribution is 14.0. The van der Waals surface area contributed by atoms with Crippen LogP contribution in [0.3, 0.4) is 0 Å². The van der Waals surface area contributed by atoms with Crippen molar-refractivity contribution in [2.24, 2.45) is 4.99 Å². The minimum Gasteiger partial charge on any atom is -0.357 e. The van der Waals surface area contributed by atoms with E-state index in [1.807, 2.05) is 30.5 Å². The maximum Gasteiger partial charge on any atom is 0.225 e. The van der Waals surface area contributed by atoms with Gasteiger partial charge in [-0.25, -0.2) is 15.0 Å². The van der Waals surface area contributed by atoms with Gasteiger partial charge in [-0.2, -0.15) is 0 Å². The van der Waals surface area contributed by atoms with Crippen LogP contribution in [0.2, 0.25) is 0 Å². The standard InChI is InChI=1S/C20H26N8.HI/c1-2-21-19(24-10-7-17-16-28-11-4-3-6-18(28)25-17)26-12-14-27(15-13-26)20-22-8-5-9-23-20;/h3-6,8-9,11,16H,2,7,10,12-15H2,1H3,(H,21,24);1H. The van der Waals surface area contributed by atoms with Crippen molar-refractivity contribution in [3.05, 3.63) is 54.7 Å². The van der Waals surface area contributed by atoms with Crippen molar-refractivity contribution in [1.29, 1.82) is 0 Å². The second-order valence-electron chi connectivity index (χ2n) is 6.71. The molecular weight excluding hydrogens is 479 g/mol. The van der Waals surface area contributed by atoms with E-state index in [9.17, 15) is 0 Å². The Balaban J connectivity index is 0.00000240. The Morgan fingerprint density at radius 2 is 1.90 bits per heavy atom. The van der Waals surface area contributed by atoms with Gasteiger partial charge < -0.3 is 19.5 Å². The van der Waals surface area contributed by atoms with Crippen molar-refractivity contribution in [1.82, 2.24) is 29.6 Å². The molecule has 1 N–H and O–H groups in total. The lowest BCUT2D eigenvalue weighted by atomic mass is 10.3. The molecule has 0 aliphatic carbocycles. The summed E-state index contributed by atoms with van der Waals surface area (Å²) >= 11 is 0. The average molecular weight is 506 g/mol. The van der Waals surface area contributed by atoms with Crippen LogP contribution >= 0.6 is 24.0 Å². The van der Waals surface area contributed by atoms with Crippen molar-refractivity contribution in [2.75, 3.05) is 44.2 Å². The first-order chi connectivity index (χ1) is 13.8. The third kappa shape index (κ3) is 5.34. The number of anilines is 1. The molecule has 0 saturated carbocycles. The van der Waals surface area contributed by atoms with Crippen molar-refractivity contribution >= 4 is 41.5 Å². The fourth-order valence-corrected chi connectivity index (χ4v) is 3.38. The highest BCUT2D eigenvalue weighted by atomic mass is 127. The van der Waals surface area contributed by atoms with Crippen LogP contribution in [0.1, 0.15) is 12.6 Å². The Labute approximate surface area is 188 Å². The maximum absolute atomic E-state index is 4.83. The fraction of sp³-hybridized carbons (Fsp3) is 0.400. The zero-order chi connectivity index (χ0) is 19.2. The lowest BCUT2D eigenvalue weighted by Gasteiger charge is -2.36. The number of nitrogens with one attached hydrogen (secondary N) is 1. The molecule has 0 radical (unpaired) electrons. The lowest BCUT2D eigenvalue weighted by Crippen LogP contribution is -2.53. The minimum atomic E-state index is 0. The molecule has 9 heteroatoms. The Bertz CT molecular complexity index is 885. The van der Waals surface area contributed by atoms with Gasteiger partial charge in [-0.15, -0.1) is 24.0 Å². The van der Waals surface area contributed by atoms with Gasteiger partial charge in [-0.1, -0.05) is 6.07 Å². The molecule has 4 rings (SSSR count). The highest BCUT2D eigenvalue weighted by Crippen LogP contribution is 2.10. The number of imidazole rings is 1. The minimum absolute atomic E-state index is 0. The predicted molar refractivity (Wildman–Crippen MR) is 126 cm³/mol. The van der Waals surface area contributed by atoms with Gasteiger partial charge in [0.2, 0.25) is 5.95 Å². The van der Waals surface area contributed by atoms with E-state index in [-0.39, 0.29) is 24.0 Å². The molecule has 0 atom stereocenters. The fourth-order valence-electron chi connectivity index (χ4n) is 3.38. The Morgan fingerprint density at radius 1 is 1.10 bits per heavy atom. The molecular formula is C20H27IN8. The summed E-state index contributed by atoms with van der Waals surface area (Å²) in [7, 11) is 0. The molecule has 1 saturated heterocycles. The third-order valence-corrected chi connectivity index (χ3v) is 4.79. The van der Waals surface area contributed by atoms with Crippen molar-refractivity contribution < 1.29 is 0 Å². The number of nitrogens with zero attached hydrogens (tertiary/aromatic N) is 7. The van der Waals surface area contributed by atoms with Gasteiger partial charge in [0.1, 0.15) is 5.65 Å². The molecule has 154 valence electrons. The van der Waals surface area contributed by atoms with Crippen LogP contribution in [0.25, 0.3) is 5.65 Å². The average Bonchev–Trinajstić information content (AvgIpc) is 3.17. The largest absolute Gasteiger partial charge is 0.357 e. The first kappa shape index (κ1) is 21.3. The van der Waals surface area contributed by atoms with Crippen LogP contribution in [0.4, 0.5) is 5.95 Å². The molecule has 1 fully saturated rings. The van der Waals surface area contributed by atoms with Gasteiger partial charge in [0.25, 0.3) is 0 Å². The van der Waals surface area contributed by atoms with Gasteiger partial charge in [-0.05, 0) is 25.1 Å². The summed E-state index contributed by atoms with van der Waals surface area (Å²) < 4.78 is 2.05. The summed E-state index contributed by atoms with van der Waals surface area (Å²) in [6.07, 6.45) is 8.51. The zero-order valence-electron chi connectivity index (χ0n) is 16.6. The lowest BCUT2D eigenvalue weighted by molar-refractivity contribution is 0.370. The summed E-state index contributed by atoms with van der Waals surface area (Å²) in [5.74, 6) is 1.77. The van der Waals surface area contributed by atoms with E-state index in [1.165, 1.54) is 0 Å². The number of fused-ring (bicyclic) bond motifs is 1. The second kappa shape index (κ2) is 10.4. The van der Waals surface area contributed by atoms with Crippen LogP contribution in [0, 0.1) is 0 Å². The number of piperazine rings is 1. The van der Waals surface area contributed by atoms with Gasteiger partial charge in [0, 0.05) is 70.5 Å². The van der Waals surface area contributed by atoms with E-state index in [0.29, 0.717) is 6.54 Å². The molecule has 8 nitrogen and oxygen atoms in total. The Hall–Kier alpha value is -2.43. The third-order valence-electron chi connectivity index (χ3n) is 4.79. The molecule has 4 heterocycles. The van der Waals surface area contributed by atoms with Crippen molar-refractivity contribution in [3.8, 4) is 0 Å². The smallest absolute Gasteiger partial charge is 0.225 e. The molecule has 29 heavy (non-hydrogen) atoms. The zero-order valence-corrected chi connectivity index (χ0v) is 18.9. The summed E-state index contributed by atoms with van der Waals surface area (Å²) in [5.41, 5.74) is 2.05. The molecule has 3 aromatic rings. The molecule has 0 aromatic carbocycles. The van der Waals surface area contributed by atoms with E-state index in [0.717, 1.165) is 62.4 Å². The van der Waals surface area contributed by atoms with Crippen LogP contribution in [-0.4, -0.2) is 69.5 Å². The van der Waals surface area contributed by atoms with Crippen LogP contribution in [-0.2, 0) is 6.42 Å². The maximum atomic E-state index is 4.83. The van der Waals surface area contributed by atoms with E-state index < -0.39 is 0 Å². The molecule has 0 unspecified atom stereocenters. The van der Waals surface area contributed by atoms with E-state index in [2.05, 4.69) is 47.6 Å². The molecule has 1 aliphatic rings. The first-order valence-corrected chi connectivity index (χ1v) is 9.81. The molecule has 0 amide bonds. The van der Waals surface area contributed by atoms with Crippen molar-refractivity contribution in [3.63, 3.8) is 0 Å². The SMILES string of the molecule is CCNC(=NCCc1cn2ccccc2n1)N1CCN(c2ncccn2)CC1.I. The van der Waals surface area contributed by atoms with Gasteiger partial charge >= 0.3 is 0 Å². The number of halogens is 1. The van der Waals surface area contributed by atoms with Crippen LogP contribution in [0.5, 0.6) is 0 Å². The monoisotopic (exact) mass is 506 g/mol. The number of hydrogen-bond acceptors (Lipinski definition) is 5. The number of aromatic nitrogens is 4. The number of aliphatic imine (C=N–C) groups is 1. The van der Waals surface area contributed by atoms with E-state index >= 15 is 0 Å². The van der Waals surface area contributed by atoms with E-state index in [4.69, 9.17) is 4.99 Å². The predicted octanol–water partition coefficient (Wildman–Crippen LogP) is 2.07. The van der Waals surface area contributed by atoms with Gasteiger partial charge in [-0.3, -0.25) is 4.99 Å². The summed E-state index contributed by atoms with van der Waals surface area (Å²) in [6, 6.07) is 7.89. The second-order valence-corrected chi connectivity index (χ2v) is 6.71. The van der Waals surface area contributed by atoms with Crippen LogP contribution < -0.4 is 10.2 Å². The first-order valence-electron chi connectivity index (χ1n) is 9.81. The molecule has 0 spiro atoms. The summed E-state index contributed by atoms with van der Waals surface area (Å²) in [5, 5.41) is 3.42.